The van der Waals surface area contributed by atoms with Crippen LogP contribution in [0.15, 0.2) is 66.7 Å². The van der Waals surface area contributed by atoms with Crippen molar-refractivity contribution < 1.29 is 14.3 Å². The molecule has 1 atom stereocenters. The Hall–Kier alpha value is -3.34. The molecule has 3 aromatic carbocycles. The third kappa shape index (κ3) is 5.10. The lowest BCUT2D eigenvalue weighted by Gasteiger charge is -2.18. The van der Waals surface area contributed by atoms with E-state index in [1.807, 2.05) is 60.7 Å². The molecule has 0 radical (unpaired) electrons. The molecular weight excluding hydrogens is 352 g/mol. The number of carbonyl (C=O) groups excluding carboxylic acids is 2. The van der Waals surface area contributed by atoms with Gasteiger partial charge in [0.25, 0.3) is 0 Å². The Kier molecular flexibility index (Phi) is 6.27. The summed E-state index contributed by atoms with van der Waals surface area (Å²) in [6, 6.07) is 21.1. The van der Waals surface area contributed by atoms with Gasteiger partial charge < -0.3 is 15.4 Å². The minimum absolute atomic E-state index is 0.113. The molecule has 3 rings (SSSR count). The molecule has 0 heterocycles. The zero-order valence-electron chi connectivity index (χ0n) is 16.1. The third-order valence-corrected chi connectivity index (χ3v) is 4.57. The highest BCUT2D eigenvalue weighted by Crippen LogP contribution is 2.22. The van der Waals surface area contributed by atoms with E-state index in [9.17, 15) is 9.59 Å². The van der Waals surface area contributed by atoms with Crippen molar-refractivity contribution in [2.45, 2.75) is 25.9 Å². The predicted octanol–water partition coefficient (Wildman–Crippen LogP) is 3.73. The number of amides is 2. The molecule has 0 saturated heterocycles. The van der Waals surface area contributed by atoms with Gasteiger partial charge in [-0.05, 0) is 40.1 Å². The van der Waals surface area contributed by atoms with E-state index in [-0.39, 0.29) is 24.3 Å². The lowest BCUT2D eigenvalue weighted by molar-refractivity contribution is -0.122. The van der Waals surface area contributed by atoms with Crippen LogP contribution in [0.4, 0.5) is 0 Å². The van der Waals surface area contributed by atoms with Crippen molar-refractivity contribution in [1.29, 1.82) is 0 Å². The van der Waals surface area contributed by atoms with Gasteiger partial charge in [-0.1, -0.05) is 48.5 Å². The Morgan fingerprint density at radius 3 is 2.39 bits per heavy atom. The first-order chi connectivity index (χ1) is 13.5. The molecule has 144 valence electrons. The van der Waals surface area contributed by atoms with Gasteiger partial charge in [0.2, 0.25) is 11.8 Å². The lowest BCUT2D eigenvalue weighted by atomic mass is 10.0. The minimum Gasteiger partial charge on any atom is -0.497 e. The lowest BCUT2D eigenvalue weighted by Crippen LogP contribution is -2.32. The average Bonchev–Trinajstić information content (AvgIpc) is 2.71. The SMILES string of the molecule is COc1ccc2cc(CNC(=O)CC(NC(C)=O)c3ccccc3)ccc2c1. The molecule has 0 aliphatic rings. The predicted molar refractivity (Wildman–Crippen MR) is 110 cm³/mol. The summed E-state index contributed by atoms with van der Waals surface area (Å²) in [7, 11) is 1.65. The largest absolute Gasteiger partial charge is 0.497 e. The number of ether oxygens (including phenoxy) is 1. The van der Waals surface area contributed by atoms with Crippen molar-refractivity contribution in [3.63, 3.8) is 0 Å². The number of rotatable bonds is 7. The normalized spacial score (nSPS) is 11.6. The Balaban J connectivity index is 1.63. The maximum atomic E-state index is 12.4. The smallest absolute Gasteiger partial charge is 0.222 e. The summed E-state index contributed by atoms with van der Waals surface area (Å²) in [6.45, 7) is 1.89. The van der Waals surface area contributed by atoms with Crippen LogP contribution in [-0.2, 0) is 16.1 Å². The number of methoxy groups -OCH3 is 1. The second kappa shape index (κ2) is 9.04. The van der Waals surface area contributed by atoms with E-state index >= 15 is 0 Å². The van der Waals surface area contributed by atoms with Crippen molar-refractivity contribution >= 4 is 22.6 Å². The van der Waals surface area contributed by atoms with Crippen LogP contribution in [0.1, 0.15) is 30.5 Å². The van der Waals surface area contributed by atoms with Gasteiger partial charge in [-0.15, -0.1) is 0 Å². The fraction of sp³-hybridized carbons (Fsp3) is 0.217. The van der Waals surface area contributed by atoms with E-state index < -0.39 is 0 Å². The van der Waals surface area contributed by atoms with Gasteiger partial charge in [0.05, 0.1) is 19.6 Å². The first kappa shape index (κ1) is 19.4. The quantitative estimate of drug-likeness (QED) is 0.660. The maximum Gasteiger partial charge on any atom is 0.222 e. The van der Waals surface area contributed by atoms with E-state index in [1.165, 1.54) is 6.92 Å². The van der Waals surface area contributed by atoms with Crippen molar-refractivity contribution in [3.05, 3.63) is 77.9 Å². The van der Waals surface area contributed by atoms with Crippen molar-refractivity contribution in [2.75, 3.05) is 7.11 Å². The number of carbonyl (C=O) groups is 2. The summed E-state index contributed by atoms with van der Waals surface area (Å²) in [4.78, 5) is 24.0. The Morgan fingerprint density at radius 2 is 1.68 bits per heavy atom. The molecule has 28 heavy (non-hydrogen) atoms. The van der Waals surface area contributed by atoms with Crippen LogP contribution in [0.5, 0.6) is 5.75 Å². The van der Waals surface area contributed by atoms with Crippen LogP contribution in [0.2, 0.25) is 0 Å². The van der Waals surface area contributed by atoms with Gasteiger partial charge in [0.15, 0.2) is 0 Å². The molecule has 0 aliphatic heterocycles. The van der Waals surface area contributed by atoms with Gasteiger partial charge in [0.1, 0.15) is 5.75 Å². The van der Waals surface area contributed by atoms with E-state index in [4.69, 9.17) is 4.74 Å². The molecule has 2 amide bonds. The summed E-state index contributed by atoms with van der Waals surface area (Å²) in [5.41, 5.74) is 1.93. The van der Waals surface area contributed by atoms with E-state index in [1.54, 1.807) is 7.11 Å². The van der Waals surface area contributed by atoms with Gasteiger partial charge in [-0.25, -0.2) is 0 Å². The molecule has 2 N–H and O–H groups in total. The monoisotopic (exact) mass is 376 g/mol. The van der Waals surface area contributed by atoms with Crippen LogP contribution in [0.25, 0.3) is 10.8 Å². The summed E-state index contributed by atoms with van der Waals surface area (Å²) < 4.78 is 5.25. The number of hydrogen-bond donors (Lipinski definition) is 2. The molecule has 1 unspecified atom stereocenters. The van der Waals surface area contributed by atoms with E-state index in [0.717, 1.165) is 27.6 Å². The van der Waals surface area contributed by atoms with Crippen LogP contribution in [-0.4, -0.2) is 18.9 Å². The first-order valence-corrected chi connectivity index (χ1v) is 9.20. The molecule has 5 heteroatoms. The number of nitrogens with one attached hydrogen (secondary N) is 2. The molecule has 0 aromatic heterocycles. The summed E-state index contributed by atoms with van der Waals surface area (Å²) in [5.74, 6) is 0.544. The van der Waals surface area contributed by atoms with Crippen molar-refractivity contribution in [2.24, 2.45) is 0 Å². The van der Waals surface area contributed by atoms with E-state index in [2.05, 4.69) is 16.7 Å². The van der Waals surface area contributed by atoms with E-state index in [0.29, 0.717) is 6.54 Å². The topological polar surface area (TPSA) is 67.4 Å². The molecule has 0 bridgehead atoms. The van der Waals surface area contributed by atoms with Gasteiger partial charge in [-0.3, -0.25) is 9.59 Å². The highest BCUT2D eigenvalue weighted by atomic mass is 16.5. The summed E-state index contributed by atoms with van der Waals surface area (Å²) >= 11 is 0. The van der Waals surface area contributed by atoms with Crippen LogP contribution < -0.4 is 15.4 Å². The van der Waals surface area contributed by atoms with Crippen molar-refractivity contribution in [1.82, 2.24) is 10.6 Å². The molecule has 0 saturated carbocycles. The standard InChI is InChI=1S/C23H24N2O3/c1-16(26)25-22(18-6-4-3-5-7-18)14-23(27)24-15-17-8-9-20-13-21(28-2)11-10-19(20)12-17/h3-13,22H,14-15H2,1-2H3,(H,24,27)(H,25,26). The number of benzene rings is 3. The zero-order chi connectivity index (χ0) is 19.9. The summed E-state index contributed by atoms with van der Waals surface area (Å²) in [6.07, 6.45) is 0.189. The van der Waals surface area contributed by atoms with Crippen LogP contribution in [0.3, 0.4) is 0 Å². The molecule has 5 nitrogen and oxygen atoms in total. The Morgan fingerprint density at radius 1 is 0.964 bits per heavy atom. The second-order valence-corrected chi connectivity index (χ2v) is 6.69. The van der Waals surface area contributed by atoms with Crippen LogP contribution >= 0.6 is 0 Å². The van der Waals surface area contributed by atoms with Gasteiger partial charge in [-0.2, -0.15) is 0 Å². The third-order valence-electron chi connectivity index (χ3n) is 4.57. The highest BCUT2D eigenvalue weighted by Gasteiger charge is 2.16. The molecule has 3 aromatic rings. The average molecular weight is 376 g/mol. The molecule has 0 aliphatic carbocycles. The fourth-order valence-corrected chi connectivity index (χ4v) is 3.15. The van der Waals surface area contributed by atoms with Crippen molar-refractivity contribution in [3.8, 4) is 5.75 Å². The Bertz CT molecular complexity index is 970. The fourth-order valence-electron chi connectivity index (χ4n) is 3.15. The molecule has 0 fully saturated rings. The molecular formula is C23H24N2O3. The minimum atomic E-state index is -0.345. The maximum absolute atomic E-state index is 12.4. The van der Waals surface area contributed by atoms with Crippen LogP contribution in [0, 0.1) is 0 Å². The zero-order valence-corrected chi connectivity index (χ0v) is 16.1. The Labute approximate surface area is 164 Å². The number of hydrogen-bond acceptors (Lipinski definition) is 3. The summed E-state index contributed by atoms with van der Waals surface area (Å²) in [5, 5.41) is 7.97. The first-order valence-electron chi connectivity index (χ1n) is 9.20. The molecule has 0 spiro atoms. The number of fused-ring (bicyclic) bond motifs is 1. The van der Waals surface area contributed by atoms with Gasteiger partial charge >= 0.3 is 0 Å². The second-order valence-electron chi connectivity index (χ2n) is 6.69. The highest BCUT2D eigenvalue weighted by molar-refractivity contribution is 5.85. The van der Waals surface area contributed by atoms with Gasteiger partial charge in [0, 0.05) is 13.5 Å².